The van der Waals surface area contributed by atoms with Crippen LogP contribution in [0.2, 0.25) is 0 Å². The molecule has 172 valence electrons. The van der Waals surface area contributed by atoms with E-state index in [-0.39, 0.29) is 11.7 Å². The van der Waals surface area contributed by atoms with Gasteiger partial charge in [0.25, 0.3) is 0 Å². The second-order valence-electron chi connectivity index (χ2n) is 7.48. The molecule has 3 heterocycles. The van der Waals surface area contributed by atoms with Gasteiger partial charge >= 0.3 is 0 Å². The maximum Gasteiger partial charge on any atom is 0.236 e. The molecule has 0 aliphatic carbocycles. The van der Waals surface area contributed by atoms with Crippen molar-refractivity contribution in [1.29, 1.82) is 5.26 Å². The van der Waals surface area contributed by atoms with E-state index < -0.39 is 5.82 Å². The maximum atomic E-state index is 13.9. The quantitative estimate of drug-likeness (QED) is 0.395. The summed E-state index contributed by atoms with van der Waals surface area (Å²) in [5.74, 6) is 0.367. The van der Waals surface area contributed by atoms with Crippen molar-refractivity contribution in [2.45, 2.75) is 32.5 Å². The zero-order valence-electron chi connectivity index (χ0n) is 18.9. The first kappa shape index (κ1) is 23.2. The molecule has 34 heavy (non-hydrogen) atoms. The fourth-order valence-corrected chi connectivity index (χ4v) is 4.49. The summed E-state index contributed by atoms with van der Waals surface area (Å²) in [6.45, 7) is 6.25. The number of benzene rings is 1. The van der Waals surface area contributed by atoms with Gasteiger partial charge in [0.15, 0.2) is 11.0 Å². The molecule has 3 aromatic heterocycles. The van der Waals surface area contributed by atoms with Gasteiger partial charge in [0.05, 0.1) is 17.0 Å². The van der Waals surface area contributed by atoms with Gasteiger partial charge < -0.3 is 9.88 Å². The van der Waals surface area contributed by atoms with Crippen LogP contribution in [0.4, 0.5) is 10.2 Å². The highest BCUT2D eigenvalue weighted by Gasteiger charge is 2.22. The predicted octanol–water partition coefficient (Wildman–Crippen LogP) is 4.51. The standard InChI is InChI=1S/C24H22FN7OS/c1-4-31-22(17-8-10-27-11-9-17)29-30-24(31)34-14-21(33)28-23-20(13-26)15(2)16(3)32(23)19-7-5-6-18(25)12-19/h5-12H,4,14H2,1-3H3,(H,28,33). The number of thioether (sulfide) groups is 1. The number of hydrogen-bond acceptors (Lipinski definition) is 6. The van der Waals surface area contributed by atoms with Gasteiger partial charge in [0.2, 0.25) is 5.91 Å². The summed E-state index contributed by atoms with van der Waals surface area (Å²) in [4.78, 5) is 16.9. The number of pyridine rings is 1. The number of carbonyl (C=O) groups is 1. The van der Waals surface area contributed by atoms with E-state index in [9.17, 15) is 14.4 Å². The summed E-state index contributed by atoms with van der Waals surface area (Å²) >= 11 is 1.25. The lowest BCUT2D eigenvalue weighted by Gasteiger charge is -2.13. The second kappa shape index (κ2) is 9.89. The molecule has 0 aliphatic rings. The molecular weight excluding hydrogens is 453 g/mol. The van der Waals surface area contributed by atoms with Crippen LogP contribution in [0.3, 0.4) is 0 Å². The Balaban J connectivity index is 1.57. The predicted molar refractivity (Wildman–Crippen MR) is 128 cm³/mol. The molecule has 1 aromatic carbocycles. The Morgan fingerprint density at radius 3 is 2.65 bits per heavy atom. The van der Waals surface area contributed by atoms with Gasteiger partial charge in [-0.3, -0.25) is 14.3 Å². The first-order chi connectivity index (χ1) is 16.4. The number of hydrogen-bond donors (Lipinski definition) is 1. The SMILES string of the molecule is CCn1c(SCC(=O)Nc2c(C#N)c(C)c(C)n2-c2cccc(F)c2)nnc1-c1ccncc1. The Hall–Kier alpha value is -3.97. The number of amides is 1. The fourth-order valence-electron chi connectivity index (χ4n) is 3.69. The summed E-state index contributed by atoms with van der Waals surface area (Å²) in [5, 5.41) is 21.7. The molecule has 0 unspecified atom stereocenters. The molecule has 0 atom stereocenters. The molecule has 0 radical (unpaired) electrons. The van der Waals surface area contributed by atoms with E-state index in [1.807, 2.05) is 30.5 Å². The summed E-state index contributed by atoms with van der Waals surface area (Å²) in [7, 11) is 0. The monoisotopic (exact) mass is 475 g/mol. The zero-order chi connectivity index (χ0) is 24.2. The van der Waals surface area contributed by atoms with Crippen molar-refractivity contribution < 1.29 is 9.18 Å². The smallest absolute Gasteiger partial charge is 0.236 e. The summed E-state index contributed by atoms with van der Waals surface area (Å²) in [6.07, 6.45) is 3.38. The van der Waals surface area contributed by atoms with Crippen LogP contribution >= 0.6 is 11.8 Å². The van der Waals surface area contributed by atoms with E-state index in [2.05, 4.69) is 26.6 Å². The van der Waals surface area contributed by atoms with Gasteiger partial charge in [-0.15, -0.1) is 10.2 Å². The van der Waals surface area contributed by atoms with E-state index in [0.717, 1.165) is 16.8 Å². The highest BCUT2D eigenvalue weighted by Crippen LogP contribution is 2.31. The lowest BCUT2D eigenvalue weighted by molar-refractivity contribution is -0.113. The summed E-state index contributed by atoms with van der Waals surface area (Å²) in [6, 6.07) is 11.9. The van der Waals surface area contributed by atoms with Crippen LogP contribution in [0.15, 0.2) is 53.9 Å². The number of rotatable bonds is 7. The molecule has 4 aromatic rings. The minimum Gasteiger partial charge on any atom is -0.310 e. The highest BCUT2D eigenvalue weighted by molar-refractivity contribution is 7.99. The van der Waals surface area contributed by atoms with Gasteiger partial charge in [-0.05, 0) is 56.7 Å². The van der Waals surface area contributed by atoms with E-state index >= 15 is 0 Å². The van der Waals surface area contributed by atoms with E-state index in [1.54, 1.807) is 36.0 Å². The third-order valence-corrected chi connectivity index (χ3v) is 6.42. The van der Waals surface area contributed by atoms with Crippen LogP contribution in [-0.4, -0.2) is 36.0 Å². The molecule has 0 spiro atoms. The second-order valence-corrected chi connectivity index (χ2v) is 8.43. The Kier molecular flexibility index (Phi) is 6.75. The van der Waals surface area contributed by atoms with Crippen molar-refractivity contribution in [3.8, 4) is 23.1 Å². The molecule has 0 aliphatic heterocycles. The average molecular weight is 476 g/mol. The largest absolute Gasteiger partial charge is 0.310 e. The van der Waals surface area contributed by atoms with Gasteiger partial charge in [0, 0.05) is 30.2 Å². The lowest BCUT2D eigenvalue weighted by atomic mass is 10.2. The first-order valence-corrected chi connectivity index (χ1v) is 11.6. The summed E-state index contributed by atoms with van der Waals surface area (Å²) < 4.78 is 17.5. The zero-order valence-corrected chi connectivity index (χ0v) is 19.7. The minimum absolute atomic E-state index is 0.0613. The normalized spacial score (nSPS) is 10.8. The number of nitrogens with one attached hydrogen (secondary N) is 1. The molecule has 0 saturated carbocycles. The van der Waals surface area contributed by atoms with E-state index in [1.165, 1.54) is 23.9 Å². The number of nitriles is 1. The van der Waals surface area contributed by atoms with Crippen LogP contribution in [0.25, 0.3) is 17.1 Å². The van der Waals surface area contributed by atoms with Crippen LogP contribution in [-0.2, 0) is 11.3 Å². The van der Waals surface area contributed by atoms with Gasteiger partial charge in [-0.2, -0.15) is 5.26 Å². The fraction of sp³-hybridized carbons (Fsp3) is 0.208. The number of anilines is 1. The molecule has 10 heteroatoms. The Morgan fingerprint density at radius 2 is 1.97 bits per heavy atom. The molecule has 8 nitrogen and oxygen atoms in total. The highest BCUT2D eigenvalue weighted by atomic mass is 32.2. The van der Waals surface area contributed by atoms with Crippen LogP contribution in [0.5, 0.6) is 0 Å². The van der Waals surface area contributed by atoms with Gasteiger partial charge in [-0.1, -0.05) is 17.8 Å². The average Bonchev–Trinajstić information content (AvgIpc) is 3.36. The van der Waals surface area contributed by atoms with Gasteiger partial charge in [0.1, 0.15) is 17.7 Å². The lowest BCUT2D eigenvalue weighted by Crippen LogP contribution is -2.18. The number of aromatic nitrogens is 5. The van der Waals surface area contributed by atoms with Gasteiger partial charge in [-0.25, -0.2) is 4.39 Å². The molecule has 1 N–H and O–H groups in total. The van der Waals surface area contributed by atoms with Crippen molar-refractivity contribution in [3.05, 3.63) is 71.4 Å². The van der Waals surface area contributed by atoms with Crippen LogP contribution in [0, 0.1) is 31.0 Å². The number of carbonyl (C=O) groups excluding carboxylic acids is 1. The molecule has 0 saturated heterocycles. The summed E-state index contributed by atoms with van der Waals surface area (Å²) in [5.41, 5.74) is 3.23. The number of halogens is 1. The van der Waals surface area contributed by atoms with E-state index in [4.69, 9.17) is 0 Å². The third kappa shape index (κ3) is 4.43. The van der Waals surface area contributed by atoms with Crippen molar-refractivity contribution in [2.24, 2.45) is 0 Å². The molecule has 4 rings (SSSR count). The Labute approximate surface area is 200 Å². The first-order valence-electron chi connectivity index (χ1n) is 10.6. The third-order valence-electron chi connectivity index (χ3n) is 5.45. The molecule has 0 fully saturated rings. The number of nitrogens with zero attached hydrogens (tertiary/aromatic N) is 6. The topological polar surface area (TPSA) is 101 Å². The molecular formula is C24H22FN7OS. The maximum absolute atomic E-state index is 13.9. The Morgan fingerprint density at radius 1 is 1.21 bits per heavy atom. The molecule has 1 amide bonds. The Bertz CT molecular complexity index is 1390. The van der Waals surface area contributed by atoms with Crippen LogP contribution in [0.1, 0.15) is 23.7 Å². The van der Waals surface area contributed by atoms with Crippen LogP contribution < -0.4 is 5.32 Å². The molecule has 0 bridgehead atoms. The van der Waals surface area contributed by atoms with Crippen molar-refractivity contribution >= 4 is 23.5 Å². The van der Waals surface area contributed by atoms with E-state index in [0.29, 0.717) is 34.6 Å². The van der Waals surface area contributed by atoms with Crippen molar-refractivity contribution in [2.75, 3.05) is 11.1 Å². The minimum atomic E-state index is -0.404. The van der Waals surface area contributed by atoms with Crippen molar-refractivity contribution in [3.63, 3.8) is 0 Å². The van der Waals surface area contributed by atoms with Crippen molar-refractivity contribution in [1.82, 2.24) is 24.3 Å².